The van der Waals surface area contributed by atoms with Gasteiger partial charge in [0.05, 0.1) is 18.8 Å². The maximum atomic E-state index is 5.98. The van der Waals surface area contributed by atoms with Crippen molar-refractivity contribution in [3.63, 3.8) is 0 Å². The van der Waals surface area contributed by atoms with Crippen LogP contribution in [-0.4, -0.2) is 17.6 Å². The molecule has 0 bridgehead atoms. The molecule has 0 radical (unpaired) electrons. The molecular weight excluding hydrogens is 294 g/mol. The summed E-state index contributed by atoms with van der Waals surface area (Å²) in [4.78, 5) is 7.65. The number of rotatable bonds is 3. The molecule has 0 aliphatic carbocycles. The summed E-state index contributed by atoms with van der Waals surface area (Å²) in [6.07, 6.45) is 3.12. The van der Waals surface area contributed by atoms with Gasteiger partial charge in [0.1, 0.15) is 11.9 Å². The fourth-order valence-corrected chi connectivity index (χ4v) is 3.02. The molecule has 1 aliphatic heterocycles. The largest absolute Gasteiger partial charge is 0.486 e. The predicted molar refractivity (Wildman–Crippen MR) is 86.0 cm³/mol. The third-order valence-corrected chi connectivity index (χ3v) is 4.11. The number of hydrogen-bond acceptors (Lipinski definition) is 5. The zero-order valence-corrected chi connectivity index (χ0v) is 12.9. The van der Waals surface area contributed by atoms with Gasteiger partial charge in [0, 0.05) is 11.1 Å². The van der Waals surface area contributed by atoms with Crippen molar-refractivity contribution in [3.05, 3.63) is 35.3 Å². The van der Waals surface area contributed by atoms with E-state index in [-0.39, 0.29) is 18.5 Å². The van der Waals surface area contributed by atoms with E-state index >= 15 is 0 Å². The van der Waals surface area contributed by atoms with Gasteiger partial charge < -0.3 is 15.4 Å². The molecule has 2 N–H and O–H groups in total. The number of halogens is 1. The van der Waals surface area contributed by atoms with Crippen molar-refractivity contribution in [1.82, 2.24) is 4.98 Å². The number of benzene rings is 1. The normalized spacial score (nSPS) is 17.1. The summed E-state index contributed by atoms with van der Waals surface area (Å²) in [6.45, 7) is 3.90. The van der Waals surface area contributed by atoms with Gasteiger partial charge in [-0.3, -0.25) is 0 Å². The molecule has 1 aromatic heterocycles. The Balaban J connectivity index is 0.00000147. The van der Waals surface area contributed by atoms with Crippen molar-refractivity contribution in [1.29, 1.82) is 0 Å². The molecular formula is C14H18ClN3OS. The van der Waals surface area contributed by atoms with E-state index in [1.54, 1.807) is 11.3 Å². The van der Waals surface area contributed by atoms with Gasteiger partial charge in [0.15, 0.2) is 5.13 Å². The molecule has 6 heteroatoms. The Kier molecular flexibility index (Phi) is 4.73. The van der Waals surface area contributed by atoms with E-state index < -0.39 is 0 Å². The average Bonchev–Trinajstić information content (AvgIpc) is 2.84. The molecule has 20 heavy (non-hydrogen) atoms. The van der Waals surface area contributed by atoms with Crippen LogP contribution in [0.15, 0.2) is 30.5 Å². The predicted octanol–water partition coefficient (Wildman–Crippen LogP) is 3.32. The minimum Gasteiger partial charge on any atom is -0.486 e. The van der Waals surface area contributed by atoms with Crippen molar-refractivity contribution < 1.29 is 4.74 Å². The molecule has 1 aromatic carbocycles. The van der Waals surface area contributed by atoms with Gasteiger partial charge in [-0.15, -0.1) is 23.7 Å². The summed E-state index contributed by atoms with van der Waals surface area (Å²) in [6, 6.07) is 8.19. The number of nitrogens with zero attached hydrogens (tertiary/aromatic N) is 2. The number of nitrogens with two attached hydrogens (primary N) is 1. The molecule has 2 aromatic rings. The molecule has 4 nitrogen and oxygen atoms in total. The van der Waals surface area contributed by atoms with E-state index in [1.165, 1.54) is 4.88 Å². The van der Waals surface area contributed by atoms with Crippen molar-refractivity contribution >= 4 is 34.6 Å². The second-order valence-corrected chi connectivity index (χ2v) is 5.81. The first-order valence-electron chi connectivity index (χ1n) is 6.47. The minimum absolute atomic E-state index is 0. The van der Waals surface area contributed by atoms with Crippen molar-refractivity contribution in [2.24, 2.45) is 0 Å². The second-order valence-electron chi connectivity index (χ2n) is 4.66. The molecule has 0 fully saturated rings. The Morgan fingerprint density at radius 1 is 1.45 bits per heavy atom. The van der Waals surface area contributed by atoms with Gasteiger partial charge in [0.25, 0.3) is 0 Å². The number of anilines is 2. The van der Waals surface area contributed by atoms with E-state index in [1.807, 2.05) is 24.4 Å². The average molecular weight is 312 g/mol. The van der Waals surface area contributed by atoms with Crippen LogP contribution in [0.1, 0.15) is 18.2 Å². The zero-order chi connectivity index (χ0) is 13.2. The van der Waals surface area contributed by atoms with Crippen LogP contribution >= 0.6 is 23.7 Å². The lowest BCUT2D eigenvalue weighted by atomic mass is 10.1. The number of ether oxygens (including phenoxy) is 1. The highest BCUT2D eigenvalue weighted by Crippen LogP contribution is 2.35. The number of para-hydroxylation sites is 2. The van der Waals surface area contributed by atoms with Gasteiger partial charge in [0.2, 0.25) is 0 Å². The third-order valence-electron chi connectivity index (χ3n) is 3.30. The summed E-state index contributed by atoms with van der Waals surface area (Å²) < 4.78 is 5.98. The van der Waals surface area contributed by atoms with Crippen LogP contribution < -0.4 is 15.4 Å². The number of hydrogen-bond donors (Lipinski definition) is 1. The smallest absolute Gasteiger partial charge is 0.180 e. The summed E-state index contributed by atoms with van der Waals surface area (Å²) in [5.74, 6) is 0.970. The van der Waals surface area contributed by atoms with Crippen LogP contribution in [0.25, 0.3) is 0 Å². The lowest BCUT2D eigenvalue weighted by Gasteiger charge is -2.35. The Labute approximate surface area is 129 Å². The van der Waals surface area contributed by atoms with Crippen molar-refractivity contribution in [2.45, 2.75) is 26.0 Å². The quantitative estimate of drug-likeness (QED) is 0.944. The Hall–Kier alpha value is -1.46. The maximum Gasteiger partial charge on any atom is 0.180 e. The van der Waals surface area contributed by atoms with Gasteiger partial charge in [-0.25, -0.2) is 4.98 Å². The van der Waals surface area contributed by atoms with Crippen LogP contribution in [-0.2, 0) is 6.54 Å². The molecule has 0 saturated carbocycles. The third kappa shape index (κ3) is 2.99. The number of aromatic nitrogens is 1. The second kappa shape index (κ2) is 6.33. The lowest BCUT2D eigenvalue weighted by Crippen LogP contribution is -2.39. The first-order chi connectivity index (χ1) is 9.26. The lowest BCUT2D eigenvalue weighted by molar-refractivity contribution is 0.189. The molecule has 108 valence electrons. The number of fused-ring (bicyclic) bond motifs is 1. The van der Waals surface area contributed by atoms with Gasteiger partial charge in [-0.1, -0.05) is 19.1 Å². The van der Waals surface area contributed by atoms with Crippen LogP contribution in [0.5, 0.6) is 5.75 Å². The van der Waals surface area contributed by atoms with Crippen LogP contribution in [0.2, 0.25) is 0 Å². The number of nitrogen functional groups attached to an aromatic ring is 1. The molecule has 2 heterocycles. The molecule has 0 spiro atoms. The Bertz CT molecular complexity index is 575. The molecule has 3 rings (SSSR count). The van der Waals surface area contributed by atoms with E-state index in [0.29, 0.717) is 5.13 Å². The molecule has 0 amide bonds. The van der Waals surface area contributed by atoms with Gasteiger partial charge >= 0.3 is 0 Å². The van der Waals surface area contributed by atoms with Crippen molar-refractivity contribution in [3.8, 4) is 5.75 Å². The van der Waals surface area contributed by atoms with Crippen LogP contribution in [0.3, 0.4) is 0 Å². The fraction of sp³-hybridized carbons (Fsp3) is 0.357. The molecule has 1 aliphatic rings. The summed E-state index contributed by atoms with van der Waals surface area (Å²) in [5, 5.41) is 0.628. The first kappa shape index (κ1) is 14.9. The molecule has 1 atom stereocenters. The van der Waals surface area contributed by atoms with E-state index in [9.17, 15) is 0 Å². The summed E-state index contributed by atoms with van der Waals surface area (Å²) >= 11 is 1.55. The van der Waals surface area contributed by atoms with Gasteiger partial charge in [-0.2, -0.15) is 0 Å². The summed E-state index contributed by atoms with van der Waals surface area (Å²) in [5.41, 5.74) is 6.85. The van der Waals surface area contributed by atoms with E-state index in [2.05, 4.69) is 22.9 Å². The van der Waals surface area contributed by atoms with E-state index in [4.69, 9.17) is 10.5 Å². The number of thiazole rings is 1. The van der Waals surface area contributed by atoms with Crippen LogP contribution in [0.4, 0.5) is 10.8 Å². The SMILES string of the molecule is CCC1CN(Cc2cnc(N)s2)c2ccccc2O1.Cl. The Morgan fingerprint density at radius 3 is 2.95 bits per heavy atom. The highest BCUT2D eigenvalue weighted by atomic mass is 35.5. The van der Waals surface area contributed by atoms with E-state index in [0.717, 1.165) is 30.9 Å². The highest BCUT2D eigenvalue weighted by molar-refractivity contribution is 7.15. The van der Waals surface area contributed by atoms with Gasteiger partial charge in [-0.05, 0) is 18.6 Å². The first-order valence-corrected chi connectivity index (χ1v) is 7.28. The molecule has 1 unspecified atom stereocenters. The fourth-order valence-electron chi connectivity index (χ4n) is 2.33. The highest BCUT2D eigenvalue weighted by Gasteiger charge is 2.24. The standard InChI is InChI=1S/C14H17N3OS.ClH/c1-2-10-8-17(9-11-7-16-14(15)19-11)12-5-3-4-6-13(12)18-10;/h3-7,10H,2,8-9H2,1H3,(H2,15,16);1H. The Morgan fingerprint density at radius 2 is 2.25 bits per heavy atom. The van der Waals surface area contributed by atoms with Crippen molar-refractivity contribution in [2.75, 3.05) is 17.2 Å². The topological polar surface area (TPSA) is 51.4 Å². The maximum absolute atomic E-state index is 5.98. The minimum atomic E-state index is 0. The summed E-state index contributed by atoms with van der Waals surface area (Å²) in [7, 11) is 0. The monoisotopic (exact) mass is 311 g/mol. The van der Waals surface area contributed by atoms with Crippen LogP contribution in [0, 0.1) is 0 Å². The zero-order valence-electron chi connectivity index (χ0n) is 11.3. The molecule has 0 saturated heterocycles.